The minimum atomic E-state index is 0.674. The number of aromatic nitrogens is 5. The number of para-hydroxylation sites is 6. The molecule has 3 heterocycles. The molecule has 0 amide bonds. The molecule has 3 aromatic heterocycles. The second-order valence-corrected chi connectivity index (χ2v) is 11.9. The summed E-state index contributed by atoms with van der Waals surface area (Å²) in [6, 6.07) is 52.7. The van der Waals surface area contributed by atoms with E-state index in [1.807, 2.05) is 30.3 Å². The van der Waals surface area contributed by atoms with Crippen molar-refractivity contribution in [1.29, 1.82) is 5.26 Å². The molecular weight excluding hydrogens is 576 g/mol. The Morgan fingerprint density at radius 3 is 1.57 bits per heavy atom. The maximum absolute atomic E-state index is 9.33. The van der Waals surface area contributed by atoms with Crippen LogP contribution in [0, 0.1) is 11.3 Å². The Labute approximate surface area is 268 Å². The van der Waals surface area contributed by atoms with Gasteiger partial charge in [0.05, 0.1) is 50.4 Å². The van der Waals surface area contributed by atoms with Crippen LogP contribution in [0.15, 0.2) is 146 Å². The topological polar surface area (TPSA) is 63.3 Å². The number of hydrogen-bond acceptors (Lipinski definition) is 3. The quantitative estimate of drug-likeness (QED) is 0.186. The average molecular weight is 601 g/mol. The first-order chi connectivity index (χ1) is 23.2. The molecule has 0 aliphatic carbocycles. The summed E-state index contributed by atoms with van der Waals surface area (Å²) in [5.41, 5.74) is 9.93. The van der Waals surface area contributed by atoms with Crippen molar-refractivity contribution in [3.63, 3.8) is 0 Å². The minimum Gasteiger partial charge on any atom is -0.276 e. The van der Waals surface area contributed by atoms with Crippen molar-refractivity contribution in [3.05, 3.63) is 151 Å². The van der Waals surface area contributed by atoms with E-state index in [1.54, 1.807) is 0 Å². The van der Waals surface area contributed by atoms with Crippen LogP contribution >= 0.6 is 0 Å². The van der Waals surface area contributed by atoms with Gasteiger partial charge >= 0.3 is 0 Å². The van der Waals surface area contributed by atoms with Gasteiger partial charge in [0.15, 0.2) is 0 Å². The molecule has 10 aromatic rings. The molecule has 0 aliphatic rings. The van der Waals surface area contributed by atoms with Crippen molar-refractivity contribution in [2.45, 2.75) is 0 Å². The number of benzene rings is 7. The maximum atomic E-state index is 9.33. The highest BCUT2D eigenvalue weighted by molar-refractivity contribution is 6.08. The van der Waals surface area contributed by atoms with Crippen LogP contribution in [0.1, 0.15) is 5.56 Å². The highest BCUT2D eigenvalue weighted by atomic mass is 15.3. The zero-order chi connectivity index (χ0) is 31.1. The number of nitrogens with zero attached hydrogens (tertiary/aromatic N) is 6. The van der Waals surface area contributed by atoms with Crippen molar-refractivity contribution in [1.82, 2.24) is 23.3 Å². The van der Waals surface area contributed by atoms with Gasteiger partial charge in [0, 0.05) is 0 Å². The first-order valence-electron chi connectivity index (χ1n) is 15.6. The van der Waals surface area contributed by atoms with E-state index in [0.29, 0.717) is 5.56 Å². The summed E-state index contributed by atoms with van der Waals surface area (Å²) in [4.78, 5) is 10.4. The molecule has 0 saturated carbocycles. The van der Waals surface area contributed by atoms with E-state index in [-0.39, 0.29) is 0 Å². The summed E-state index contributed by atoms with van der Waals surface area (Å²) in [6.07, 6.45) is 0. The normalized spacial score (nSPS) is 11.8. The van der Waals surface area contributed by atoms with Gasteiger partial charge in [-0.05, 0) is 99.4 Å². The lowest BCUT2D eigenvalue weighted by molar-refractivity contribution is 1.03. The van der Waals surface area contributed by atoms with Gasteiger partial charge in [-0.2, -0.15) is 5.26 Å². The number of nitriles is 1. The molecule has 7 aromatic carbocycles. The predicted molar refractivity (Wildman–Crippen MR) is 190 cm³/mol. The lowest BCUT2D eigenvalue weighted by Gasteiger charge is -2.10. The van der Waals surface area contributed by atoms with E-state index < -0.39 is 0 Å². The van der Waals surface area contributed by atoms with Crippen LogP contribution < -0.4 is 0 Å². The molecule has 0 radical (unpaired) electrons. The van der Waals surface area contributed by atoms with Gasteiger partial charge < -0.3 is 0 Å². The van der Waals surface area contributed by atoms with Gasteiger partial charge in [-0.1, -0.05) is 78.9 Å². The minimum absolute atomic E-state index is 0.674. The molecule has 6 heteroatoms. The zero-order valence-electron chi connectivity index (χ0n) is 25.0. The number of fused-ring (bicyclic) bond motifs is 12. The largest absolute Gasteiger partial charge is 0.276 e. The highest BCUT2D eigenvalue weighted by Gasteiger charge is 2.18. The van der Waals surface area contributed by atoms with Crippen LogP contribution in [0.2, 0.25) is 0 Å². The summed E-state index contributed by atoms with van der Waals surface area (Å²) in [5.74, 6) is 1.58. The molecule has 47 heavy (non-hydrogen) atoms. The fraction of sp³-hybridized carbons (Fsp3) is 0. The van der Waals surface area contributed by atoms with Crippen molar-refractivity contribution >= 4 is 66.2 Å². The summed E-state index contributed by atoms with van der Waals surface area (Å²) in [5, 5.41) is 13.9. The third-order valence-corrected chi connectivity index (χ3v) is 9.27. The van der Waals surface area contributed by atoms with Crippen LogP contribution in [0.4, 0.5) is 0 Å². The van der Waals surface area contributed by atoms with Crippen molar-refractivity contribution in [2.75, 3.05) is 0 Å². The predicted octanol–water partition coefficient (Wildman–Crippen LogP) is 9.64. The van der Waals surface area contributed by atoms with Crippen molar-refractivity contribution in [3.8, 4) is 22.9 Å². The second-order valence-electron chi connectivity index (χ2n) is 11.9. The Kier molecular flexibility index (Phi) is 5.25. The van der Waals surface area contributed by atoms with Crippen LogP contribution in [-0.4, -0.2) is 23.3 Å². The van der Waals surface area contributed by atoms with Gasteiger partial charge in [0.2, 0.25) is 11.6 Å². The molecule has 0 aliphatic heterocycles. The Morgan fingerprint density at radius 1 is 0.468 bits per heavy atom. The molecule has 0 bridgehead atoms. The van der Waals surface area contributed by atoms with E-state index in [0.717, 1.165) is 77.6 Å². The maximum Gasteiger partial charge on any atom is 0.223 e. The number of rotatable bonds is 2. The first-order valence-corrected chi connectivity index (χ1v) is 15.6. The number of imidazole rings is 2. The summed E-state index contributed by atoms with van der Waals surface area (Å²) < 4.78 is 6.66. The van der Waals surface area contributed by atoms with Crippen LogP contribution in [0.25, 0.3) is 83.0 Å². The van der Waals surface area contributed by atoms with E-state index in [2.05, 4.69) is 135 Å². The van der Waals surface area contributed by atoms with Gasteiger partial charge in [0.25, 0.3) is 0 Å². The highest BCUT2D eigenvalue weighted by Crippen LogP contribution is 2.33. The molecule has 0 spiro atoms. The van der Waals surface area contributed by atoms with Crippen LogP contribution in [0.5, 0.6) is 0 Å². The standard InChI is InChI=1S/C41H24N6/c42-25-26-13-21-32-29(23-26)14-15-30-24-28(18-22-33(30)32)27-16-19-31(20-17-27)45-40-43-34-7-1-3-9-36(34)46(40)38-11-5-6-12-39(38)47-37-10-4-2-8-35(37)44-41(45)47/h1-24H. The summed E-state index contributed by atoms with van der Waals surface area (Å²) in [6.45, 7) is 0. The zero-order valence-corrected chi connectivity index (χ0v) is 25.0. The van der Waals surface area contributed by atoms with Gasteiger partial charge in [-0.25, -0.2) is 14.5 Å². The molecule has 0 unspecified atom stereocenters. The van der Waals surface area contributed by atoms with Gasteiger partial charge in [-0.3, -0.25) is 8.80 Å². The molecule has 0 fully saturated rings. The number of hydrogen-bond donors (Lipinski definition) is 0. The fourth-order valence-corrected chi connectivity index (χ4v) is 7.09. The van der Waals surface area contributed by atoms with Gasteiger partial charge in [0.1, 0.15) is 0 Å². The third-order valence-electron chi connectivity index (χ3n) is 9.27. The van der Waals surface area contributed by atoms with Crippen molar-refractivity contribution in [2.24, 2.45) is 0 Å². The molecule has 10 rings (SSSR count). The van der Waals surface area contributed by atoms with E-state index in [1.165, 1.54) is 5.39 Å². The molecule has 218 valence electrons. The van der Waals surface area contributed by atoms with Gasteiger partial charge in [-0.15, -0.1) is 0 Å². The first kappa shape index (κ1) is 25.6. The summed E-state index contributed by atoms with van der Waals surface area (Å²) in [7, 11) is 0. The fourth-order valence-electron chi connectivity index (χ4n) is 7.09. The van der Waals surface area contributed by atoms with E-state index >= 15 is 0 Å². The lowest BCUT2D eigenvalue weighted by atomic mass is 9.96. The smallest absolute Gasteiger partial charge is 0.223 e. The Balaban J connectivity index is 1.22. The Morgan fingerprint density at radius 2 is 0.979 bits per heavy atom. The Hall–Kier alpha value is -6.71. The van der Waals surface area contributed by atoms with Crippen LogP contribution in [0.3, 0.4) is 0 Å². The third kappa shape index (κ3) is 3.71. The van der Waals surface area contributed by atoms with Crippen molar-refractivity contribution < 1.29 is 0 Å². The SMILES string of the molecule is N#Cc1ccc2c(ccc3cc(-c4ccc(-n5c6nc7ccccc7n6c6ccccc6n6c7ccccc7nc56)cc4)ccc32)c1. The average Bonchev–Trinajstić information content (AvgIpc) is 3.67. The van der Waals surface area contributed by atoms with E-state index in [4.69, 9.17) is 9.97 Å². The monoisotopic (exact) mass is 600 g/mol. The second kappa shape index (κ2) is 9.64. The molecule has 0 N–H and O–H groups in total. The molecule has 0 atom stereocenters. The molecule has 0 saturated heterocycles. The lowest BCUT2D eigenvalue weighted by Crippen LogP contribution is -2.02. The molecular formula is C41H24N6. The van der Waals surface area contributed by atoms with E-state index in [9.17, 15) is 5.26 Å². The van der Waals surface area contributed by atoms with Crippen LogP contribution in [-0.2, 0) is 0 Å². The molecule has 6 nitrogen and oxygen atoms in total. The Bertz CT molecular complexity index is 2860. The summed E-state index contributed by atoms with van der Waals surface area (Å²) >= 11 is 0.